The monoisotopic (exact) mass is 645 g/mol. The van der Waals surface area contributed by atoms with Gasteiger partial charge in [0.05, 0.1) is 20.9 Å². The summed E-state index contributed by atoms with van der Waals surface area (Å²) < 4.78 is 0. The number of thiophene rings is 1. The van der Waals surface area contributed by atoms with Crippen molar-refractivity contribution in [1.82, 2.24) is 0 Å². The van der Waals surface area contributed by atoms with Crippen molar-refractivity contribution in [3.63, 3.8) is 0 Å². The molecule has 46 heavy (non-hydrogen) atoms. The van der Waals surface area contributed by atoms with Crippen LogP contribution >= 0.6 is 11.3 Å². The average Bonchev–Trinajstić information content (AvgIpc) is 3.49. The molecule has 0 amide bonds. The highest BCUT2D eigenvalue weighted by Gasteiger charge is 2.41. The summed E-state index contributed by atoms with van der Waals surface area (Å²) in [5.41, 5.74) is 10.0. The van der Waals surface area contributed by atoms with Gasteiger partial charge in [0.1, 0.15) is 8.07 Å². The zero-order valence-electron chi connectivity index (χ0n) is 28.6. The van der Waals surface area contributed by atoms with E-state index in [1.165, 1.54) is 6.07 Å². The van der Waals surface area contributed by atoms with E-state index in [0.717, 1.165) is 33.8 Å². The van der Waals surface area contributed by atoms with Crippen LogP contribution in [-0.2, 0) is 0 Å². The summed E-state index contributed by atoms with van der Waals surface area (Å²) in [7, 11) is 5.89. The first-order valence-electron chi connectivity index (χ1n) is 15.4. The molecule has 7 heteroatoms. The van der Waals surface area contributed by atoms with E-state index in [2.05, 4.69) is 88.5 Å². The van der Waals surface area contributed by atoms with Crippen molar-refractivity contribution in [1.29, 1.82) is 0 Å². The standard InChI is InChI=1S/C39H43N3O2SSi/c1-29(2)46(30(3)4,31(5)6)28-27-35(19-24-38-25-26-39(45-38)42(43)44)34(17-11-32-13-20-36(21-14-32)40(7)8)18-12-33-15-22-37(23-16-33)41(9)10/h13-16,20-23,25-26,29-31H,1-10H3. The van der Waals surface area contributed by atoms with Gasteiger partial charge in [-0.2, -0.15) is 0 Å². The van der Waals surface area contributed by atoms with E-state index in [4.69, 9.17) is 0 Å². The molecule has 0 fully saturated rings. The maximum Gasteiger partial charge on any atom is 0.325 e. The Kier molecular flexibility index (Phi) is 12.5. The molecule has 0 aliphatic heterocycles. The normalized spacial score (nSPS) is 10.5. The Morgan fingerprint density at radius 3 is 1.43 bits per heavy atom. The quantitative estimate of drug-likeness (QED) is 0.116. The van der Waals surface area contributed by atoms with Crippen LogP contribution in [0.5, 0.6) is 0 Å². The molecule has 0 aliphatic rings. The van der Waals surface area contributed by atoms with Gasteiger partial charge in [-0.25, -0.2) is 0 Å². The van der Waals surface area contributed by atoms with Gasteiger partial charge >= 0.3 is 5.00 Å². The molecular weight excluding hydrogens is 603 g/mol. The maximum atomic E-state index is 11.3. The zero-order valence-corrected chi connectivity index (χ0v) is 30.4. The summed E-state index contributed by atoms with van der Waals surface area (Å²) in [6, 6.07) is 19.2. The molecule has 1 aromatic heterocycles. The first kappa shape index (κ1) is 35.8. The lowest BCUT2D eigenvalue weighted by Gasteiger charge is -2.38. The number of nitro groups is 1. The summed E-state index contributed by atoms with van der Waals surface area (Å²) in [6.45, 7) is 13.6. The fourth-order valence-corrected chi connectivity index (χ4v) is 11.4. The van der Waals surface area contributed by atoms with Crippen molar-refractivity contribution in [3.8, 4) is 47.0 Å². The highest BCUT2D eigenvalue weighted by Crippen LogP contribution is 2.40. The van der Waals surface area contributed by atoms with E-state index < -0.39 is 13.0 Å². The number of benzene rings is 2. The number of hydrogen-bond acceptors (Lipinski definition) is 5. The molecule has 2 aromatic carbocycles. The van der Waals surface area contributed by atoms with Gasteiger partial charge in [-0.3, -0.25) is 10.1 Å². The van der Waals surface area contributed by atoms with Crippen molar-refractivity contribution in [2.24, 2.45) is 0 Å². The molecule has 3 rings (SSSR count). The zero-order chi connectivity index (χ0) is 34.0. The maximum absolute atomic E-state index is 11.3. The van der Waals surface area contributed by atoms with Gasteiger partial charge in [0.15, 0.2) is 0 Å². The minimum absolute atomic E-state index is 0.0499. The van der Waals surface area contributed by atoms with Crippen LogP contribution in [0.3, 0.4) is 0 Å². The molecular formula is C39H43N3O2SSi. The summed E-state index contributed by atoms with van der Waals surface area (Å²) in [5.74, 6) is 23.1. The summed E-state index contributed by atoms with van der Waals surface area (Å²) in [5, 5.41) is 11.4. The third-order valence-corrected chi connectivity index (χ3v) is 15.3. The summed E-state index contributed by atoms with van der Waals surface area (Å²) in [4.78, 5) is 15.6. The smallest absolute Gasteiger partial charge is 0.325 e. The third kappa shape index (κ3) is 9.19. The Balaban J connectivity index is 2.33. The molecule has 3 aromatic rings. The molecule has 0 spiro atoms. The van der Waals surface area contributed by atoms with Crippen LogP contribution in [0.15, 0.2) is 71.8 Å². The largest absolute Gasteiger partial charge is 0.378 e. The first-order valence-corrected chi connectivity index (χ1v) is 18.4. The van der Waals surface area contributed by atoms with E-state index in [0.29, 0.717) is 32.6 Å². The molecule has 0 saturated heterocycles. The van der Waals surface area contributed by atoms with Crippen LogP contribution in [0.2, 0.25) is 16.6 Å². The summed E-state index contributed by atoms with van der Waals surface area (Å²) in [6.07, 6.45) is 0. The second-order valence-electron chi connectivity index (χ2n) is 12.4. The third-order valence-electron chi connectivity index (χ3n) is 8.03. The molecule has 0 atom stereocenters. The lowest BCUT2D eigenvalue weighted by Crippen LogP contribution is -2.43. The van der Waals surface area contributed by atoms with Crippen LogP contribution in [-0.4, -0.2) is 41.2 Å². The molecule has 0 bridgehead atoms. The number of nitrogens with zero attached hydrogens (tertiary/aromatic N) is 3. The van der Waals surface area contributed by atoms with E-state index in [9.17, 15) is 10.1 Å². The molecule has 0 radical (unpaired) electrons. The van der Waals surface area contributed by atoms with Crippen molar-refractivity contribution in [2.75, 3.05) is 38.0 Å². The summed E-state index contributed by atoms with van der Waals surface area (Å²) >= 11 is 1.05. The topological polar surface area (TPSA) is 49.6 Å². The van der Waals surface area contributed by atoms with Crippen LogP contribution in [0.25, 0.3) is 0 Å². The molecule has 0 unspecified atom stereocenters. The Morgan fingerprint density at radius 2 is 1.07 bits per heavy atom. The van der Waals surface area contributed by atoms with Gasteiger partial charge in [0.25, 0.3) is 0 Å². The fraction of sp³-hybridized carbons (Fsp3) is 0.333. The molecule has 0 aliphatic carbocycles. The second kappa shape index (κ2) is 16.1. The van der Waals surface area contributed by atoms with E-state index in [1.807, 2.05) is 86.5 Å². The Morgan fingerprint density at radius 1 is 0.652 bits per heavy atom. The van der Waals surface area contributed by atoms with Crippen molar-refractivity contribution >= 4 is 35.8 Å². The van der Waals surface area contributed by atoms with Crippen LogP contribution in [0, 0.1) is 57.1 Å². The van der Waals surface area contributed by atoms with Gasteiger partial charge in [-0.15, -0.1) is 5.54 Å². The second-order valence-corrected chi connectivity index (χ2v) is 19.1. The van der Waals surface area contributed by atoms with Crippen molar-refractivity contribution in [3.05, 3.63) is 97.9 Å². The average molecular weight is 646 g/mol. The SMILES string of the molecule is CC(C)[Si](C#CC(C#Cc1ccc([N+](=O)[O-])s1)=C(C#Cc1ccc(N(C)C)cc1)C#Cc1ccc(N(C)C)cc1)(C(C)C)C(C)C. The predicted molar refractivity (Wildman–Crippen MR) is 199 cm³/mol. The van der Waals surface area contributed by atoms with Crippen LogP contribution in [0.4, 0.5) is 16.4 Å². The van der Waals surface area contributed by atoms with Gasteiger partial charge in [0.2, 0.25) is 0 Å². The van der Waals surface area contributed by atoms with Gasteiger partial charge in [-0.05, 0) is 83.1 Å². The number of rotatable bonds is 6. The Bertz CT molecular complexity index is 1720. The minimum Gasteiger partial charge on any atom is -0.378 e. The highest BCUT2D eigenvalue weighted by molar-refractivity contribution is 7.15. The van der Waals surface area contributed by atoms with Crippen molar-refractivity contribution < 1.29 is 4.92 Å². The van der Waals surface area contributed by atoms with Crippen molar-refractivity contribution in [2.45, 2.75) is 58.2 Å². The Hall–Kier alpha value is -4.66. The van der Waals surface area contributed by atoms with Gasteiger partial charge < -0.3 is 9.80 Å². The molecule has 5 nitrogen and oxygen atoms in total. The lowest BCUT2D eigenvalue weighted by molar-refractivity contribution is -0.380. The first-order chi connectivity index (χ1) is 21.7. The van der Waals surface area contributed by atoms with Gasteiger partial charge in [0, 0.05) is 56.8 Å². The Labute approximate surface area is 280 Å². The van der Waals surface area contributed by atoms with E-state index in [-0.39, 0.29) is 5.00 Å². The van der Waals surface area contributed by atoms with Crippen LogP contribution < -0.4 is 9.80 Å². The molecule has 0 saturated carbocycles. The number of allylic oxidation sites excluding steroid dienone is 2. The van der Waals surface area contributed by atoms with E-state index >= 15 is 0 Å². The minimum atomic E-state index is -2.12. The van der Waals surface area contributed by atoms with Crippen LogP contribution in [0.1, 0.15) is 57.5 Å². The molecule has 0 N–H and O–H groups in total. The predicted octanol–water partition coefficient (Wildman–Crippen LogP) is 8.76. The molecule has 236 valence electrons. The van der Waals surface area contributed by atoms with Gasteiger partial charge in [-0.1, -0.05) is 82.5 Å². The molecule has 1 heterocycles. The highest BCUT2D eigenvalue weighted by atomic mass is 32.1. The fourth-order valence-electron chi connectivity index (χ4n) is 5.49. The number of hydrogen-bond donors (Lipinski definition) is 0. The lowest BCUT2D eigenvalue weighted by atomic mass is 10.1. The van der Waals surface area contributed by atoms with E-state index in [1.54, 1.807) is 6.07 Å². The number of anilines is 2.